The number of H-pyrrole nitrogens is 1. The van der Waals surface area contributed by atoms with Crippen molar-refractivity contribution in [3.8, 4) is 0 Å². The normalized spacial score (nSPS) is 16.9. The number of para-hydroxylation sites is 2. The van der Waals surface area contributed by atoms with E-state index in [0.717, 1.165) is 24.1 Å². The maximum atomic E-state index is 11.9. The first-order valence-electron chi connectivity index (χ1n) is 6.07. The smallest absolute Gasteiger partial charge is 0.271 e. The van der Waals surface area contributed by atoms with Crippen molar-refractivity contribution in [1.82, 2.24) is 14.9 Å². The molecule has 0 bridgehead atoms. The van der Waals surface area contributed by atoms with Gasteiger partial charge in [0.2, 0.25) is 0 Å². The second-order valence-corrected chi connectivity index (χ2v) is 4.77. The lowest BCUT2D eigenvalue weighted by molar-refractivity contribution is 0.0467. The molecule has 2 N–H and O–H groups in total. The highest BCUT2D eigenvalue weighted by molar-refractivity contribution is 5.73. The molecule has 0 radical (unpaired) electrons. The average Bonchev–Trinajstić information content (AvgIpc) is 2.33. The van der Waals surface area contributed by atoms with Crippen LogP contribution in [0, 0.1) is 5.92 Å². The van der Waals surface area contributed by atoms with Crippen molar-refractivity contribution in [3.05, 3.63) is 40.3 Å². The first-order chi connectivity index (χ1) is 8.76. The Hall–Kier alpha value is -1.72. The molecule has 0 saturated carbocycles. The lowest BCUT2D eigenvalue weighted by atomic mass is 10.0. The molecule has 5 nitrogen and oxygen atoms in total. The Bertz CT molecular complexity index is 617. The van der Waals surface area contributed by atoms with Gasteiger partial charge in [0, 0.05) is 32.2 Å². The Kier molecular flexibility index (Phi) is 2.85. The van der Waals surface area contributed by atoms with Gasteiger partial charge in [0.25, 0.3) is 5.56 Å². The summed E-state index contributed by atoms with van der Waals surface area (Å²) in [6.45, 7) is 2.45. The maximum absolute atomic E-state index is 11.9. The number of nitrogens with one attached hydrogen (secondary N) is 1. The van der Waals surface area contributed by atoms with Crippen molar-refractivity contribution >= 4 is 11.0 Å². The molecule has 0 atom stereocenters. The van der Waals surface area contributed by atoms with Crippen LogP contribution in [0.1, 0.15) is 5.69 Å². The quantitative estimate of drug-likeness (QED) is 0.818. The van der Waals surface area contributed by atoms with Crippen LogP contribution in [-0.2, 0) is 6.54 Å². The Morgan fingerprint density at radius 1 is 1.39 bits per heavy atom. The third kappa shape index (κ3) is 2.02. The number of likely N-dealkylation sites (tertiary alicyclic amines) is 1. The third-order valence-corrected chi connectivity index (χ3v) is 3.33. The molecule has 1 saturated heterocycles. The van der Waals surface area contributed by atoms with Crippen LogP contribution in [0.15, 0.2) is 29.1 Å². The first kappa shape index (κ1) is 11.4. The van der Waals surface area contributed by atoms with Crippen LogP contribution < -0.4 is 5.56 Å². The third-order valence-electron chi connectivity index (χ3n) is 3.33. The topological polar surface area (TPSA) is 69.2 Å². The van der Waals surface area contributed by atoms with Gasteiger partial charge in [-0.2, -0.15) is 0 Å². The maximum Gasteiger partial charge on any atom is 0.271 e. The van der Waals surface area contributed by atoms with Gasteiger partial charge < -0.3 is 10.1 Å². The fraction of sp³-hybridized carbons (Fsp3) is 0.385. The molecule has 2 aromatic rings. The minimum Gasteiger partial charge on any atom is -0.396 e. The summed E-state index contributed by atoms with van der Waals surface area (Å²) in [4.78, 5) is 21.2. The molecule has 0 aliphatic carbocycles. The van der Waals surface area contributed by atoms with Crippen molar-refractivity contribution in [3.63, 3.8) is 0 Å². The lowest BCUT2D eigenvalue weighted by Crippen LogP contribution is -2.48. The highest BCUT2D eigenvalue weighted by Crippen LogP contribution is 2.16. The highest BCUT2D eigenvalue weighted by Gasteiger charge is 2.26. The van der Waals surface area contributed by atoms with E-state index in [9.17, 15) is 4.79 Å². The number of rotatable bonds is 3. The second kappa shape index (κ2) is 4.51. The summed E-state index contributed by atoms with van der Waals surface area (Å²) in [7, 11) is 0. The Labute approximate surface area is 104 Å². The summed E-state index contributed by atoms with van der Waals surface area (Å²) >= 11 is 0. The number of aliphatic hydroxyl groups is 1. The summed E-state index contributed by atoms with van der Waals surface area (Å²) < 4.78 is 0. The van der Waals surface area contributed by atoms with Gasteiger partial charge in [0.05, 0.1) is 11.0 Å². The van der Waals surface area contributed by atoms with Crippen LogP contribution in [0.3, 0.4) is 0 Å². The molecule has 1 fully saturated rings. The number of fused-ring (bicyclic) bond motifs is 1. The molecule has 0 spiro atoms. The van der Waals surface area contributed by atoms with E-state index in [1.807, 2.05) is 24.3 Å². The van der Waals surface area contributed by atoms with E-state index in [-0.39, 0.29) is 12.2 Å². The molecule has 1 aliphatic heterocycles. The predicted octanol–water partition coefficient (Wildman–Crippen LogP) is 0.347. The highest BCUT2D eigenvalue weighted by atomic mass is 16.3. The van der Waals surface area contributed by atoms with Crippen LogP contribution >= 0.6 is 0 Å². The van der Waals surface area contributed by atoms with Crippen LogP contribution in [-0.4, -0.2) is 39.7 Å². The molecule has 5 heteroatoms. The van der Waals surface area contributed by atoms with E-state index >= 15 is 0 Å². The first-order valence-corrected chi connectivity index (χ1v) is 6.07. The Morgan fingerprint density at radius 3 is 2.94 bits per heavy atom. The van der Waals surface area contributed by atoms with Crippen LogP contribution in [0.25, 0.3) is 11.0 Å². The monoisotopic (exact) mass is 245 g/mol. The minimum atomic E-state index is -0.124. The van der Waals surface area contributed by atoms with E-state index in [4.69, 9.17) is 5.11 Å². The van der Waals surface area contributed by atoms with Crippen LogP contribution in [0.5, 0.6) is 0 Å². The molecule has 2 heterocycles. The molecular weight excluding hydrogens is 230 g/mol. The number of nitrogens with zero attached hydrogens (tertiary/aromatic N) is 2. The van der Waals surface area contributed by atoms with Crippen LogP contribution in [0.4, 0.5) is 0 Å². The molecule has 0 unspecified atom stereocenters. The lowest BCUT2D eigenvalue weighted by Gasteiger charge is -2.37. The van der Waals surface area contributed by atoms with Crippen LogP contribution in [0.2, 0.25) is 0 Å². The van der Waals surface area contributed by atoms with Crippen molar-refractivity contribution < 1.29 is 5.11 Å². The molecule has 1 aliphatic rings. The largest absolute Gasteiger partial charge is 0.396 e. The molecule has 1 aromatic carbocycles. The predicted molar refractivity (Wildman–Crippen MR) is 68.2 cm³/mol. The molecule has 18 heavy (non-hydrogen) atoms. The van der Waals surface area contributed by atoms with Crippen molar-refractivity contribution in [2.45, 2.75) is 6.54 Å². The summed E-state index contributed by atoms with van der Waals surface area (Å²) in [6, 6.07) is 7.52. The zero-order chi connectivity index (χ0) is 12.5. The SMILES string of the molecule is O=c1[nH]c2ccccc2nc1CN1CC(CO)C1. The van der Waals surface area contributed by atoms with Gasteiger partial charge in [-0.15, -0.1) is 0 Å². The minimum absolute atomic E-state index is 0.124. The number of aliphatic hydroxyl groups excluding tert-OH is 1. The van der Waals surface area contributed by atoms with E-state index < -0.39 is 0 Å². The number of hydrogen-bond donors (Lipinski definition) is 2. The van der Waals surface area contributed by atoms with Gasteiger partial charge in [-0.25, -0.2) is 4.98 Å². The molecule has 0 amide bonds. The summed E-state index contributed by atoms with van der Waals surface area (Å²) in [5, 5.41) is 8.96. The van der Waals surface area contributed by atoms with Gasteiger partial charge in [0.1, 0.15) is 5.69 Å². The number of aromatic nitrogens is 2. The zero-order valence-corrected chi connectivity index (χ0v) is 9.97. The summed E-state index contributed by atoms with van der Waals surface area (Å²) in [5.41, 5.74) is 2.00. The zero-order valence-electron chi connectivity index (χ0n) is 9.97. The number of hydrogen-bond acceptors (Lipinski definition) is 4. The van der Waals surface area contributed by atoms with E-state index in [0.29, 0.717) is 18.2 Å². The second-order valence-electron chi connectivity index (χ2n) is 4.77. The Balaban J connectivity index is 1.84. The molecule has 94 valence electrons. The van der Waals surface area contributed by atoms with E-state index in [1.165, 1.54) is 0 Å². The van der Waals surface area contributed by atoms with Gasteiger partial charge in [0.15, 0.2) is 0 Å². The van der Waals surface area contributed by atoms with E-state index in [2.05, 4.69) is 14.9 Å². The average molecular weight is 245 g/mol. The summed E-state index contributed by atoms with van der Waals surface area (Å²) in [6.07, 6.45) is 0. The van der Waals surface area contributed by atoms with Gasteiger partial charge in [-0.3, -0.25) is 9.69 Å². The van der Waals surface area contributed by atoms with Gasteiger partial charge in [-0.05, 0) is 12.1 Å². The molecular formula is C13H15N3O2. The van der Waals surface area contributed by atoms with Gasteiger partial charge >= 0.3 is 0 Å². The number of benzene rings is 1. The van der Waals surface area contributed by atoms with Crippen molar-refractivity contribution in [2.75, 3.05) is 19.7 Å². The van der Waals surface area contributed by atoms with Crippen molar-refractivity contribution in [2.24, 2.45) is 5.92 Å². The van der Waals surface area contributed by atoms with Gasteiger partial charge in [-0.1, -0.05) is 12.1 Å². The van der Waals surface area contributed by atoms with Crippen molar-refractivity contribution in [1.29, 1.82) is 0 Å². The fourth-order valence-corrected chi connectivity index (χ4v) is 2.31. The fourth-order valence-electron chi connectivity index (χ4n) is 2.31. The Morgan fingerprint density at radius 2 is 2.17 bits per heavy atom. The number of aromatic amines is 1. The van der Waals surface area contributed by atoms with E-state index in [1.54, 1.807) is 0 Å². The molecule has 3 rings (SSSR count). The standard InChI is InChI=1S/C13H15N3O2/c17-8-9-5-16(6-9)7-12-13(18)15-11-4-2-1-3-10(11)14-12/h1-4,9,17H,5-8H2,(H,15,18). The summed E-state index contributed by atoms with van der Waals surface area (Å²) in [5.74, 6) is 0.351. The molecule has 1 aromatic heterocycles.